The molecule has 112 valence electrons. The third-order valence-electron chi connectivity index (χ3n) is 4.37. The molecule has 4 atom stereocenters. The van der Waals surface area contributed by atoms with Crippen LogP contribution in [0.15, 0.2) is 0 Å². The zero-order chi connectivity index (χ0) is 14.7. The van der Waals surface area contributed by atoms with Crippen LogP contribution >= 0.6 is 0 Å². The van der Waals surface area contributed by atoms with E-state index in [-0.39, 0.29) is 18.0 Å². The van der Waals surface area contributed by atoms with Crippen molar-refractivity contribution in [2.75, 3.05) is 19.6 Å². The molecule has 1 N–H and O–H groups in total. The molecule has 6 heteroatoms. The molecule has 0 radical (unpaired) electrons. The van der Waals surface area contributed by atoms with E-state index in [4.69, 9.17) is 4.74 Å². The average Bonchev–Trinajstić information content (AvgIpc) is 2.70. The number of ether oxygens (including phenoxy) is 1. The number of fused-ring (bicyclic) bond motifs is 1. The first kappa shape index (κ1) is 13.7. The monoisotopic (exact) mass is 282 g/mol. The number of hydrogen-bond donors (Lipinski definition) is 1. The molecule has 1 unspecified atom stereocenters. The molecular weight excluding hydrogens is 260 g/mol. The second-order valence-electron chi connectivity index (χ2n) is 7.04. The van der Waals surface area contributed by atoms with Gasteiger partial charge >= 0.3 is 6.09 Å². The number of carbonyl (C=O) groups is 2. The number of likely N-dealkylation sites (tertiary alicyclic amines) is 2. The van der Waals surface area contributed by atoms with Crippen LogP contribution in [0.25, 0.3) is 0 Å². The Morgan fingerprint density at radius 1 is 1.30 bits per heavy atom. The molecule has 0 aromatic heterocycles. The molecule has 2 aliphatic heterocycles. The largest absolute Gasteiger partial charge is 0.444 e. The number of aliphatic hydroxyl groups excluding tert-OH is 1. The summed E-state index contributed by atoms with van der Waals surface area (Å²) in [6, 6.07) is 0.221. The van der Waals surface area contributed by atoms with Gasteiger partial charge in [-0.05, 0) is 27.2 Å². The summed E-state index contributed by atoms with van der Waals surface area (Å²) in [5, 5.41) is 9.50. The summed E-state index contributed by atoms with van der Waals surface area (Å²) >= 11 is 0. The van der Waals surface area contributed by atoms with Crippen molar-refractivity contribution in [3.05, 3.63) is 0 Å². The van der Waals surface area contributed by atoms with Crippen LogP contribution in [0.4, 0.5) is 4.79 Å². The Kier molecular flexibility index (Phi) is 2.97. The highest BCUT2D eigenvalue weighted by Gasteiger charge is 2.61. The van der Waals surface area contributed by atoms with Crippen molar-refractivity contribution in [1.29, 1.82) is 0 Å². The zero-order valence-electron chi connectivity index (χ0n) is 12.2. The Morgan fingerprint density at radius 2 is 1.90 bits per heavy atom. The normalized spacial score (nSPS) is 36.3. The van der Waals surface area contributed by atoms with E-state index in [2.05, 4.69) is 0 Å². The van der Waals surface area contributed by atoms with E-state index < -0.39 is 11.7 Å². The fourth-order valence-electron chi connectivity index (χ4n) is 3.42. The van der Waals surface area contributed by atoms with Crippen molar-refractivity contribution < 1.29 is 19.4 Å². The highest BCUT2D eigenvalue weighted by atomic mass is 16.6. The Hall–Kier alpha value is -1.30. The molecule has 2 amide bonds. The number of amides is 2. The van der Waals surface area contributed by atoms with Crippen LogP contribution in [-0.4, -0.2) is 64.3 Å². The molecule has 0 bridgehead atoms. The first-order valence-electron chi connectivity index (χ1n) is 7.24. The summed E-state index contributed by atoms with van der Waals surface area (Å²) in [5.41, 5.74) is -0.474. The van der Waals surface area contributed by atoms with Gasteiger partial charge in [0.1, 0.15) is 11.7 Å². The molecule has 1 saturated carbocycles. The van der Waals surface area contributed by atoms with Gasteiger partial charge in [-0.25, -0.2) is 4.79 Å². The lowest BCUT2D eigenvalue weighted by molar-refractivity contribution is -0.135. The molecule has 2 heterocycles. The van der Waals surface area contributed by atoms with E-state index in [1.54, 1.807) is 9.80 Å². The molecular formula is C14H22N2O4. The maximum absolute atomic E-state index is 12.0. The van der Waals surface area contributed by atoms with E-state index in [0.717, 1.165) is 0 Å². The number of carbonyl (C=O) groups excluding carboxylic acids is 2. The molecule has 0 aromatic rings. The second kappa shape index (κ2) is 4.35. The van der Waals surface area contributed by atoms with Crippen LogP contribution in [-0.2, 0) is 9.53 Å². The van der Waals surface area contributed by atoms with Crippen molar-refractivity contribution in [3.8, 4) is 0 Å². The second-order valence-corrected chi connectivity index (χ2v) is 7.04. The van der Waals surface area contributed by atoms with Crippen LogP contribution in [0, 0.1) is 11.8 Å². The Balaban J connectivity index is 1.53. The number of piperidine rings is 1. The smallest absolute Gasteiger partial charge is 0.410 e. The molecule has 0 aromatic carbocycles. The van der Waals surface area contributed by atoms with Gasteiger partial charge in [0.05, 0.1) is 0 Å². The highest BCUT2D eigenvalue weighted by Crippen LogP contribution is 2.50. The van der Waals surface area contributed by atoms with Gasteiger partial charge < -0.3 is 19.6 Å². The lowest BCUT2D eigenvalue weighted by Crippen LogP contribution is -2.41. The Morgan fingerprint density at radius 3 is 2.35 bits per heavy atom. The molecule has 0 spiro atoms. The summed E-state index contributed by atoms with van der Waals surface area (Å²) in [5.74, 6) is 0.571. The van der Waals surface area contributed by atoms with Gasteiger partial charge in [-0.3, -0.25) is 4.79 Å². The third kappa shape index (κ3) is 2.26. The molecule has 2 saturated heterocycles. The fraction of sp³-hybridized carbons (Fsp3) is 0.857. The Labute approximate surface area is 118 Å². The maximum Gasteiger partial charge on any atom is 0.410 e. The minimum Gasteiger partial charge on any atom is -0.444 e. The van der Waals surface area contributed by atoms with Crippen LogP contribution in [0.3, 0.4) is 0 Å². The minimum absolute atomic E-state index is 0.145. The predicted octanol–water partition coefficient (Wildman–Crippen LogP) is 0.445. The van der Waals surface area contributed by atoms with Gasteiger partial charge in [0.2, 0.25) is 0 Å². The summed E-state index contributed by atoms with van der Waals surface area (Å²) in [6.45, 7) is 7.52. The molecule has 3 aliphatic rings. The van der Waals surface area contributed by atoms with Crippen molar-refractivity contribution in [2.24, 2.45) is 11.8 Å². The van der Waals surface area contributed by atoms with E-state index in [1.807, 2.05) is 20.8 Å². The molecule has 3 fully saturated rings. The maximum atomic E-state index is 12.0. The van der Waals surface area contributed by atoms with E-state index in [1.165, 1.54) is 0 Å². The van der Waals surface area contributed by atoms with Gasteiger partial charge in [-0.1, -0.05) is 0 Å². The van der Waals surface area contributed by atoms with Crippen LogP contribution < -0.4 is 0 Å². The molecule has 1 aliphatic carbocycles. The lowest BCUT2D eigenvalue weighted by atomic mass is 10.2. The number of aliphatic hydroxyl groups is 1. The molecule has 3 rings (SSSR count). The van der Waals surface area contributed by atoms with Gasteiger partial charge in [-0.15, -0.1) is 0 Å². The number of hydrogen-bond acceptors (Lipinski definition) is 4. The fourth-order valence-corrected chi connectivity index (χ4v) is 3.42. The van der Waals surface area contributed by atoms with Gasteiger partial charge in [0, 0.05) is 37.5 Å². The van der Waals surface area contributed by atoms with Crippen molar-refractivity contribution in [1.82, 2.24) is 9.80 Å². The first-order valence-corrected chi connectivity index (χ1v) is 7.24. The quantitative estimate of drug-likeness (QED) is 0.758. The summed E-state index contributed by atoms with van der Waals surface area (Å²) in [7, 11) is 0. The topological polar surface area (TPSA) is 70.1 Å². The number of nitrogens with zero attached hydrogens (tertiary/aromatic N) is 2. The molecule has 6 nitrogen and oxygen atoms in total. The average molecular weight is 282 g/mol. The van der Waals surface area contributed by atoms with Gasteiger partial charge in [-0.2, -0.15) is 0 Å². The standard InChI is InChI=1S/C14H22N2O4/c1-14(2,3)20-13(19)15-6-8-9(7-15)11(8)16-5-4-10(17)12(16)18/h8-11,17H,4-7H2,1-3H3/t8-,9+,10-,11?/m1/s1. The summed E-state index contributed by atoms with van der Waals surface area (Å²) in [6.07, 6.45) is -0.556. The van der Waals surface area contributed by atoms with Crippen molar-refractivity contribution >= 4 is 12.0 Å². The lowest BCUT2D eigenvalue weighted by Gasteiger charge is -2.27. The van der Waals surface area contributed by atoms with Crippen molar-refractivity contribution in [2.45, 2.75) is 44.9 Å². The first-order chi connectivity index (χ1) is 9.28. The van der Waals surface area contributed by atoms with E-state index in [0.29, 0.717) is 37.9 Å². The van der Waals surface area contributed by atoms with Crippen molar-refractivity contribution in [3.63, 3.8) is 0 Å². The van der Waals surface area contributed by atoms with Crippen LogP contribution in [0.2, 0.25) is 0 Å². The highest BCUT2D eigenvalue weighted by molar-refractivity contribution is 5.83. The minimum atomic E-state index is -0.821. The summed E-state index contributed by atoms with van der Waals surface area (Å²) in [4.78, 5) is 27.3. The Bertz CT molecular complexity index is 433. The zero-order valence-corrected chi connectivity index (χ0v) is 12.2. The van der Waals surface area contributed by atoms with Crippen LogP contribution in [0.5, 0.6) is 0 Å². The SMILES string of the molecule is CC(C)(C)OC(=O)N1C[C@@H]2C(N3CC[C@@H](O)C3=O)[C@@H]2C1. The van der Waals surface area contributed by atoms with Gasteiger partial charge in [0.25, 0.3) is 5.91 Å². The van der Waals surface area contributed by atoms with Gasteiger partial charge in [0.15, 0.2) is 0 Å². The summed E-state index contributed by atoms with van der Waals surface area (Å²) < 4.78 is 5.36. The number of rotatable bonds is 1. The van der Waals surface area contributed by atoms with E-state index >= 15 is 0 Å². The third-order valence-corrected chi connectivity index (χ3v) is 4.37. The predicted molar refractivity (Wildman–Crippen MR) is 70.9 cm³/mol. The molecule has 20 heavy (non-hydrogen) atoms. The van der Waals surface area contributed by atoms with E-state index in [9.17, 15) is 14.7 Å². The van der Waals surface area contributed by atoms with Crippen LogP contribution in [0.1, 0.15) is 27.2 Å².